The number of nitrogens with one attached hydrogen (secondary N) is 1. The normalized spacial score (nSPS) is 12.4. The molecule has 2 aromatic carbocycles. The first kappa shape index (κ1) is 15.7. The van der Waals surface area contributed by atoms with Gasteiger partial charge in [0.05, 0.1) is 0 Å². The summed E-state index contributed by atoms with van der Waals surface area (Å²) in [6, 6.07) is 11.8. The zero-order valence-corrected chi connectivity index (χ0v) is 13.7. The van der Waals surface area contributed by atoms with Gasteiger partial charge in [-0.1, -0.05) is 53.0 Å². The topological polar surface area (TPSA) is 12.0 Å². The van der Waals surface area contributed by atoms with Gasteiger partial charge in [0, 0.05) is 21.1 Å². The van der Waals surface area contributed by atoms with Gasteiger partial charge in [0.15, 0.2) is 0 Å². The van der Waals surface area contributed by atoms with Crippen LogP contribution >= 0.6 is 34.8 Å². The van der Waals surface area contributed by atoms with Crippen LogP contribution in [-0.2, 0) is 6.42 Å². The van der Waals surface area contributed by atoms with Crippen molar-refractivity contribution >= 4 is 34.8 Å². The lowest BCUT2D eigenvalue weighted by Crippen LogP contribution is -2.19. The van der Waals surface area contributed by atoms with Crippen LogP contribution in [0.4, 0.5) is 0 Å². The van der Waals surface area contributed by atoms with E-state index in [-0.39, 0.29) is 6.04 Å². The summed E-state index contributed by atoms with van der Waals surface area (Å²) < 4.78 is 0. The van der Waals surface area contributed by atoms with Gasteiger partial charge >= 0.3 is 0 Å². The molecule has 0 aliphatic carbocycles. The summed E-state index contributed by atoms with van der Waals surface area (Å²) in [4.78, 5) is 0. The molecule has 0 saturated heterocycles. The Kier molecular flexibility index (Phi) is 5.34. The molecule has 0 spiro atoms. The van der Waals surface area contributed by atoms with E-state index in [2.05, 4.69) is 17.4 Å². The lowest BCUT2D eigenvalue weighted by atomic mass is 9.98. The summed E-state index contributed by atoms with van der Waals surface area (Å²) in [7, 11) is 1.91. The Hall–Kier alpha value is -0.730. The molecule has 0 aliphatic heterocycles. The number of rotatable bonds is 4. The zero-order chi connectivity index (χ0) is 14.7. The van der Waals surface area contributed by atoms with Crippen molar-refractivity contribution in [1.29, 1.82) is 0 Å². The minimum atomic E-state index is 0.0972. The van der Waals surface area contributed by atoms with Crippen molar-refractivity contribution in [3.63, 3.8) is 0 Å². The third kappa shape index (κ3) is 3.67. The molecule has 1 nitrogen and oxygen atoms in total. The average Bonchev–Trinajstić information content (AvgIpc) is 2.39. The first-order valence-corrected chi connectivity index (χ1v) is 7.52. The summed E-state index contributed by atoms with van der Waals surface area (Å²) in [6.45, 7) is 2.03. The van der Waals surface area contributed by atoms with Crippen molar-refractivity contribution < 1.29 is 0 Å². The van der Waals surface area contributed by atoms with E-state index >= 15 is 0 Å². The highest BCUT2D eigenvalue weighted by atomic mass is 35.5. The molecular weight excluding hydrogens is 313 g/mol. The van der Waals surface area contributed by atoms with E-state index in [4.69, 9.17) is 34.8 Å². The molecule has 4 heteroatoms. The van der Waals surface area contributed by atoms with Gasteiger partial charge in [0.2, 0.25) is 0 Å². The Morgan fingerprint density at radius 3 is 2.35 bits per heavy atom. The van der Waals surface area contributed by atoms with E-state index in [1.165, 1.54) is 0 Å². The highest BCUT2D eigenvalue weighted by Crippen LogP contribution is 2.30. The number of likely N-dealkylation sites (N-methyl/N-ethyl adjacent to an activating group) is 1. The zero-order valence-electron chi connectivity index (χ0n) is 11.4. The Morgan fingerprint density at radius 1 is 1.00 bits per heavy atom. The molecule has 2 rings (SSSR count). The Labute approximate surface area is 134 Å². The maximum atomic E-state index is 6.30. The molecule has 0 saturated carbocycles. The van der Waals surface area contributed by atoms with Gasteiger partial charge in [-0.25, -0.2) is 0 Å². The van der Waals surface area contributed by atoms with Gasteiger partial charge in [0.1, 0.15) is 0 Å². The highest BCUT2D eigenvalue weighted by molar-refractivity contribution is 6.35. The van der Waals surface area contributed by atoms with Crippen LogP contribution in [0.1, 0.15) is 22.7 Å². The molecule has 1 N–H and O–H groups in total. The SMILES string of the molecule is CNC(Cc1ccc(C)cc1Cl)c1ccc(Cl)cc1Cl. The summed E-state index contributed by atoms with van der Waals surface area (Å²) in [5, 5.41) is 5.38. The van der Waals surface area contributed by atoms with Gasteiger partial charge in [-0.2, -0.15) is 0 Å². The van der Waals surface area contributed by atoms with Crippen LogP contribution in [-0.4, -0.2) is 7.05 Å². The summed E-state index contributed by atoms with van der Waals surface area (Å²) in [5.41, 5.74) is 3.28. The third-order valence-electron chi connectivity index (χ3n) is 3.32. The summed E-state index contributed by atoms with van der Waals surface area (Å²) >= 11 is 18.5. The second-order valence-electron chi connectivity index (χ2n) is 4.81. The van der Waals surface area contributed by atoms with E-state index < -0.39 is 0 Å². The van der Waals surface area contributed by atoms with E-state index in [9.17, 15) is 0 Å². The van der Waals surface area contributed by atoms with Crippen LogP contribution in [0.3, 0.4) is 0 Å². The number of benzene rings is 2. The van der Waals surface area contributed by atoms with Crippen molar-refractivity contribution in [2.24, 2.45) is 0 Å². The van der Waals surface area contributed by atoms with Gasteiger partial charge in [0.25, 0.3) is 0 Å². The third-order valence-corrected chi connectivity index (χ3v) is 4.23. The Bertz CT molecular complexity index is 611. The van der Waals surface area contributed by atoms with Gasteiger partial charge in [-0.15, -0.1) is 0 Å². The molecule has 0 amide bonds. The first-order chi connectivity index (χ1) is 9.51. The smallest absolute Gasteiger partial charge is 0.0468 e. The maximum Gasteiger partial charge on any atom is 0.0468 e. The summed E-state index contributed by atoms with van der Waals surface area (Å²) in [6.07, 6.45) is 0.775. The van der Waals surface area contributed by atoms with E-state index in [0.29, 0.717) is 10.0 Å². The molecule has 0 bridgehead atoms. The minimum absolute atomic E-state index is 0.0972. The molecule has 0 aromatic heterocycles. The van der Waals surface area contributed by atoms with Crippen LogP contribution < -0.4 is 5.32 Å². The average molecular weight is 329 g/mol. The maximum absolute atomic E-state index is 6.30. The highest BCUT2D eigenvalue weighted by Gasteiger charge is 2.15. The van der Waals surface area contributed by atoms with E-state index in [1.54, 1.807) is 6.07 Å². The van der Waals surface area contributed by atoms with Crippen LogP contribution in [0.15, 0.2) is 36.4 Å². The quantitative estimate of drug-likeness (QED) is 0.786. The monoisotopic (exact) mass is 327 g/mol. The largest absolute Gasteiger partial charge is 0.313 e. The van der Waals surface area contributed by atoms with Crippen LogP contribution in [0.25, 0.3) is 0 Å². The van der Waals surface area contributed by atoms with Crippen LogP contribution in [0.2, 0.25) is 15.1 Å². The van der Waals surface area contributed by atoms with Crippen molar-refractivity contribution in [3.8, 4) is 0 Å². The first-order valence-electron chi connectivity index (χ1n) is 6.38. The van der Waals surface area contributed by atoms with Crippen LogP contribution in [0, 0.1) is 6.92 Å². The molecule has 0 radical (unpaired) electrons. The second kappa shape index (κ2) is 6.82. The predicted molar refractivity (Wildman–Crippen MR) is 88.2 cm³/mol. The standard InChI is InChI=1S/C16H16Cl3N/c1-10-3-4-11(14(18)7-10)8-16(20-2)13-6-5-12(17)9-15(13)19/h3-7,9,16,20H,8H2,1-2H3. The van der Waals surface area contributed by atoms with E-state index in [1.807, 2.05) is 32.2 Å². The molecular formula is C16H16Cl3N. The van der Waals surface area contributed by atoms with Crippen molar-refractivity contribution in [3.05, 3.63) is 68.2 Å². The molecule has 1 atom stereocenters. The molecule has 0 aliphatic rings. The number of hydrogen-bond acceptors (Lipinski definition) is 1. The Balaban J connectivity index is 2.28. The van der Waals surface area contributed by atoms with Crippen LogP contribution in [0.5, 0.6) is 0 Å². The summed E-state index contributed by atoms with van der Waals surface area (Å²) in [5.74, 6) is 0. The minimum Gasteiger partial charge on any atom is -0.313 e. The van der Waals surface area contributed by atoms with Gasteiger partial charge < -0.3 is 5.32 Å². The van der Waals surface area contributed by atoms with Crippen molar-refractivity contribution in [2.75, 3.05) is 7.05 Å². The lowest BCUT2D eigenvalue weighted by molar-refractivity contribution is 0.592. The fourth-order valence-corrected chi connectivity index (χ4v) is 3.04. The number of hydrogen-bond donors (Lipinski definition) is 1. The fraction of sp³-hybridized carbons (Fsp3) is 0.250. The molecule has 0 fully saturated rings. The molecule has 1 unspecified atom stereocenters. The van der Waals surface area contributed by atoms with Gasteiger partial charge in [-0.3, -0.25) is 0 Å². The number of halogens is 3. The Morgan fingerprint density at radius 2 is 1.75 bits per heavy atom. The number of aryl methyl sites for hydroxylation is 1. The van der Waals surface area contributed by atoms with Crippen molar-refractivity contribution in [2.45, 2.75) is 19.4 Å². The van der Waals surface area contributed by atoms with E-state index in [0.717, 1.165) is 28.1 Å². The molecule has 20 heavy (non-hydrogen) atoms. The predicted octanol–water partition coefficient (Wildman–Crippen LogP) is 5.46. The molecule has 2 aromatic rings. The fourth-order valence-electron chi connectivity index (χ4n) is 2.19. The lowest BCUT2D eigenvalue weighted by Gasteiger charge is -2.19. The molecule has 0 heterocycles. The second-order valence-corrected chi connectivity index (χ2v) is 6.06. The molecule has 106 valence electrons. The van der Waals surface area contributed by atoms with Gasteiger partial charge in [-0.05, 0) is 55.3 Å². The van der Waals surface area contributed by atoms with Crippen molar-refractivity contribution in [1.82, 2.24) is 5.32 Å².